The molecular weight excluding hydrogens is 250 g/mol. The number of anilines is 1. The molecule has 1 aliphatic heterocycles. The van der Waals surface area contributed by atoms with E-state index in [9.17, 15) is 0 Å². The number of nitrogens with zero attached hydrogens (tertiary/aromatic N) is 2. The largest absolute Gasteiger partial charge is 0.493 e. The minimum absolute atomic E-state index is 0.224. The number of hydrogen-bond acceptors (Lipinski definition) is 4. The number of rotatable bonds is 3. The maximum atomic E-state index is 5.83. The first kappa shape index (κ1) is 12.9. The van der Waals surface area contributed by atoms with Gasteiger partial charge in [-0.1, -0.05) is 18.2 Å². The molecule has 0 bridgehead atoms. The van der Waals surface area contributed by atoms with E-state index in [1.165, 1.54) is 5.56 Å². The van der Waals surface area contributed by atoms with Crippen molar-refractivity contribution in [2.75, 3.05) is 18.5 Å². The predicted molar refractivity (Wildman–Crippen MR) is 79.3 cm³/mol. The summed E-state index contributed by atoms with van der Waals surface area (Å²) in [4.78, 5) is 9.20. The summed E-state index contributed by atoms with van der Waals surface area (Å²) in [6.45, 7) is 5.58. The van der Waals surface area contributed by atoms with E-state index in [4.69, 9.17) is 4.74 Å². The molecule has 2 heterocycles. The zero-order valence-corrected chi connectivity index (χ0v) is 11.9. The van der Waals surface area contributed by atoms with Crippen molar-refractivity contribution in [3.8, 4) is 5.75 Å². The highest BCUT2D eigenvalue weighted by Crippen LogP contribution is 2.31. The van der Waals surface area contributed by atoms with Crippen molar-refractivity contribution in [1.82, 2.24) is 9.97 Å². The second-order valence-corrected chi connectivity index (χ2v) is 5.10. The van der Waals surface area contributed by atoms with Crippen molar-refractivity contribution in [2.24, 2.45) is 0 Å². The topological polar surface area (TPSA) is 47.0 Å². The third-order valence-corrected chi connectivity index (χ3v) is 3.47. The van der Waals surface area contributed by atoms with Crippen LogP contribution in [0.15, 0.2) is 30.3 Å². The smallest absolute Gasteiger partial charge is 0.137 e. The molecule has 0 aliphatic carbocycles. The lowest BCUT2D eigenvalue weighted by Crippen LogP contribution is -2.21. The van der Waals surface area contributed by atoms with Crippen molar-refractivity contribution < 1.29 is 4.74 Å². The number of aromatic nitrogens is 2. The van der Waals surface area contributed by atoms with Crippen LogP contribution in [0.1, 0.15) is 29.9 Å². The van der Waals surface area contributed by atoms with Crippen LogP contribution in [0.5, 0.6) is 5.75 Å². The summed E-state index contributed by atoms with van der Waals surface area (Å²) in [5, 5.41) is 3.26. The molecule has 1 N–H and O–H groups in total. The molecule has 4 nitrogen and oxygen atoms in total. The average molecular weight is 269 g/mol. The van der Waals surface area contributed by atoms with Crippen LogP contribution in [0.25, 0.3) is 0 Å². The number of hydrogen-bond donors (Lipinski definition) is 1. The van der Waals surface area contributed by atoms with Gasteiger partial charge in [-0.25, -0.2) is 9.97 Å². The van der Waals surface area contributed by atoms with Crippen LogP contribution in [0, 0.1) is 6.92 Å². The van der Waals surface area contributed by atoms with Crippen LogP contribution >= 0.6 is 0 Å². The molecule has 1 aromatic heterocycles. The number of para-hydroxylation sites is 1. The van der Waals surface area contributed by atoms with Crippen molar-refractivity contribution in [1.29, 1.82) is 0 Å². The first-order chi connectivity index (χ1) is 9.76. The third kappa shape index (κ3) is 2.59. The highest BCUT2D eigenvalue weighted by Gasteiger charge is 2.23. The molecule has 1 aliphatic rings. The molecular formula is C16H19N3O. The number of fused-ring (bicyclic) bond motifs is 1. The van der Waals surface area contributed by atoms with E-state index in [1.54, 1.807) is 0 Å². The minimum Gasteiger partial charge on any atom is -0.493 e. The summed E-state index contributed by atoms with van der Waals surface area (Å²) in [6, 6.07) is 10.2. The Hall–Kier alpha value is -2.10. The van der Waals surface area contributed by atoms with Crippen LogP contribution in [0.3, 0.4) is 0 Å². The summed E-state index contributed by atoms with van der Waals surface area (Å²) in [5.41, 5.74) is 2.23. The van der Waals surface area contributed by atoms with Crippen LogP contribution in [-0.2, 0) is 6.42 Å². The van der Waals surface area contributed by atoms with Crippen LogP contribution in [0.4, 0.5) is 5.82 Å². The van der Waals surface area contributed by atoms with E-state index < -0.39 is 0 Å². The van der Waals surface area contributed by atoms with Gasteiger partial charge in [0.25, 0.3) is 0 Å². The van der Waals surface area contributed by atoms with Gasteiger partial charge < -0.3 is 10.1 Å². The maximum Gasteiger partial charge on any atom is 0.137 e. The first-order valence-corrected chi connectivity index (χ1v) is 7.06. The Labute approximate surface area is 119 Å². The zero-order valence-electron chi connectivity index (χ0n) is 11.9. The van der Waals surface area contributed by atoms with E-state index >= 15 is 0 Å². The van der Waals surface area contributed by atoms with Gasteiger partial charge in [-0.2, -0.15) is 0 Å². The zero-order chi connectivity index (χ0) is 13.9. The molecule has 0 saturated heterocycles. The Kier molecular flexibility index (Phi) is 3.54. The minimum atomic E-state index is 0.224. The van der Waals surface area contributed by atoms with Gasteiger partial charge in [-0.05, 0) is 31.9 Å². The number of benzene rings is 1. The second-order valence-electron chi connectivity index (χ2n) is 5.10. The lowest BCUT2D eigenvalue weighted by Gasteiger charge is -2.24. The summed E-state index contributed by atoms with van der Waals surface area (Å²) in [6.07, 6.45) is 0.936. The fraction of sp³-hybridized carbons (Fsp3) is 0.375. The Morgan fingerprint density at radius 1 is 1.30 bits per heavy atom. The summed E-state index contributed by atoms with van der Waals surface area (Å²) >= 11 is 0. The molecule has 1 atom stereocenters. The SMILES string of the molecule is CCNc1cc(C)nc(C2COc3ccccc3C2)n1. The Balaban J connectivity index is 1.87. The summed E-state index contributed by atoms with van der Waals surface area (Å²) in [5.74, 6) is 2.98. The molecule has 0 spiro atoms. The van der Waals surface area contributed by atoms with Crippen molar-refractivity contribution in [3.63, 3.8) is 0 Å². The molecule has 104 valence electrons. The normalized spacial score (nSPS) is 17.2. The number of aryl methyl sites for hydroxylation is 1. The monoisotopic (exact) mass is 269 g/mol. The van der Waals surface area contributed by atoms with E-state index in [0.717, 1.165) is 36.1 Å². The van der Waals surface area contributed by atoms with Gasteiger partial charge in [0.15, 0.2) is 0 Å². The Morgan fingerprint density at radius 3 is 3.00 bits per heavy atom. The molecule has 2 aromatic rings. The predicted octanol–water partition coefficient (Wildman–Crippen LogP) is 2.94. The molecule has 1 aromatic carbocycles. The number of nitrogens with one attached hydrogen (secondary N) is 1. The average Bonchev–Trinajstić information content (AvgIpc) is 2.46. The van der Waals surface area contributed by atoms with Crippen LogP contribution < -0.4 is 10.1 Å². The molecule has 0 radical (unpaired) electrons. The number of ether oxygens (including phenoxy) is 1. The first-order valence-electron chi connectivity index (χ1n) is 7.06. The molecule has 4 heteroatoms. The van der Waals surface area contributed by atoms with E-state index in [-0.39, 0.29) is 5.92 Å². The quantitative estimate of drug-likeness (QED) is 0.930. The van der Waals surface area contributed by atoms with E-state index in [2.05, 4.69) is 28.3 Å². The van der Waals surface area contributed by atoms with Gasteiger partial charge in [-0.3, -0.25) is 0 Å². The highest BCUT2D eigenvalue weighted by atomic mass is 16.5. The maximum absolute atomic E-state index is 5.83. The van der Waals surface area contributed by atoms with Gasteiger partial charge in [0.05, 0.1) is 12.5 Å². The van der Waals surface area contributed by atoms with Gasteiger partial charge in [0.1, 0.15) is 17.4 Å². The fourth-order valence-electron chi connectivity index (χ4n) is 2.54. The molecule has 1 unspecified atom stereocenters. The van der Waals surface area contributed by atoms with Gasteiger partial charge in [0, 0.05) is 18.3 Å². The molecule has 0 saturated carbocycles. The van der Waals surface area contributed by atoms with E-state index in [0.29, 0.717) is 6.61 Å². The van der Waals surface area contributed by atoms with Crippen molar-refractivity contribution in [3.05, 3.63) is 47.4 Å². The second kappa shape index (κ2) is 5.49. The molecule has 3 rings (SSSR count). The lowest BCUT2D eigenvalue weighted by molar-refractivity contribution is 0.257. The van der Waals surface area contributed by atoms with E-state index in [1.807, 2.05) is 31.2 Å². The van der Waals surface area contributed by atoms with Crippen molar-refractivity contribution >= 4 is 5.82 Å². The molecule has 0 fully saturated rings. The Bertz CT molecular complexity index is 612. The van der Waals surface area contributed by atoms with Crippen LogP contribution in [0.2, 0.25) is 0 Å². The van der Waals surface area contributed by atoms with Crippen molar-refractivity contribution in [2.45, 2.75) is 26.2 Å². The van der Waals surface area contributed by atoms with Gasteiger partial charge >= 0.3 is 0 Å². The standard InChI is InChI=1S/C16H19N3O/c1-3-17-15-8-11(2)18-16(19-15)13-9-12-6-4-5-7-14(12)20-10-13/h4-8,13H,3,9-10H2,1-2H3,(H,17,18,19). The summed E-state index contributed by atoms with van der Waals surface area (Å²) < 4.78 is 5.83. The molecule has 20 heavy (non-hydrogen) atoms. The van der Waals surface area contributed by atoms with Gasteiger partial charge in [0.2, 0.25) is 0 Å². The van der Waals surface area contributed by atoms with Gasteiger partial charge in [-0.15, -0.1) is 0 Å². The summed E-state index contributed by atoms with van der Waals surface area (Å²) in [7, 11) is 0. The highest BCUT2D eigenvalue weighted by molar-refractivity contribution is 5.39. The lowest BCUT2D eigenvalue weighted by atomic mass is 9.96. The van der Waals surface area contributed by atoms with Crippen LogP contribution in [-0.4, -0.2) is 23.1 Å². The molecule has 0 amide bonds. The Morgan fingerprint density at radius 2 is 2.15 bits per heavy atom. The third-order valence-electron chi connectivity index (χ3n) is 3.47. The fourth-order valence-corrected chi connectivity index (χ4v) is 2.54.